The number of likely N-dealkylation sites (N-methyl/N-ethyl adjacent to an activating group) is 1. The van der Waals surface area contributed by atoms with Crippen LogP contribution in [0.4, 0.5) is 0 Å². The molecule has 0 fully saturated rings. The van der Waals surface area contributed by atoms with Crippen LogP contribution in [-0.4, -0.2) is 44.1 Å². The number of furan rings is 1. The van der Waals surface area contributed by atoms with Gasteiger partial charge in [-0.2, -0.15) is 0 Å². The summed E-state index contributed by atoms with van der Waals surface area (Å²) in [5.74, 6) is 0.893. The molecule has 6 heteroatoms. The first-order valence-corrected chi connectivity index (χ1v) is 8.40. The number of carbonyl (C=O) groups excluding carboxylic acids is 1. The van der Waals surface area contributed by atoms with Gasteiger partial charge in [-0.3, -0.25) is 4.79 Å². The number of nitrogens with zero attached hydrogens (tertiary/aromatic N) is 1. The Labute approximate surface area is 147 Å². The molecule has 2 aromatic rings. The SMILES string of the molecule is CCN(CC)CCNC(=O)c1cc(Cl)c(-c2ccco2)cc1OC. The van der Waals surface area contributed by atoms with Gasteiger partial charge in [0.1, 0.15) is 11.5 Å². The zero-order valence-corrected chi connectivity index (χ0v) is 15.0. The maximum Gasteiger partial charge on any atom is 0.255 e. The maximum absolute atomic E-state index is 12.4. The Morgan fingerprint density at radius 1 is 1.33 bits per heavy atom. The summed E-state index contributed by atoms with van der Waals surface area (Å²) < 4.78 is 10.7. The van der Waals surface area contributed by atoms with E-state index in [0.717, 1.165) is 19.6 Å². The van der Waals surface area contributed by atoms with Gasteiger partial charge in [-0.15, -0.1) is 0 Å². The number of nitrogens with one attached hydrogen (secondary N) is 1. The molecule has 1 aromatic heterocycles. The van der Waals surface area contributed by atoms with Gasteiger partial charge in [0.2, 0.25) is 0 Å². The summed E-state index contributed by atoms with van der Waals surface area (Å²) in [5, 5.41) is 3.36. The fraction of sp³-hybridized carbons (Fsp3) is 0.389. The van der Waals surface area contributed by atoms with Crippen LogP contribution in [0.5, 0.6) is 5.75 Å². The lowest BCUT2D eigenvalue weighted by molar-refractivity contribution is 0.0946. The summed E-state index contributed by atoms with van der Waals surface area (Å²) in [6.07, 6.45) is 1.58. The van der Waals surface area contributed by atoms with E-state index in [-0.39, 0.29) is 5.91 Å². The zero-order chi connectivity index (χ0) is 17.5. The molecular weight excluding hydrogens is 328 g/mol. The monoisotopic (exact) mass is 350 g/mol. The van der Waals surface area contributed by atoms with E-state index in [4.69, 9.17) is 20.8 Å². The molecule has 0 aliphatic carbocycles. The predicted molar refractivity (Wildman–Crippen MR) is 95.8 cm³/mol. The largest absolute Gasteiger partial charge is 0.496 e. The number of benzene rings is 1. The van der Waals surface area contributed by atoms with Crippen molar-refractivity contribution in [2.45, 2.75) is 13.8 Å². The highest BCUT2D eigenvalue weighted by Gasteiger charge is 2.17. The molecule has 1 heterocycles. The molecule has 130 valence electrons. The fourth-order valence-electron chi connectivity index (χ4n) is 2.48. The Morgan fingerprint density at radius 2 is 2.08 bits per heavy atom. The first-order valence-electron chi connectivity index (χ1n) is 8.02. The molecule has 0 bridgehead atoms. The van der Waals surface area contributed by atoms with E-state index in [1.165, 1.54) is 7.11 Å². The van der Waals surface area contributed by atoms with Gasteiger partial charge in [0, 0.05) is 18.7 Å². The molecule has 5 nitrogen and oxygen atoms in total. The highest BCUT2D eigenvalue weighted by Crippen LogP contribution is 2.34. The first-order chi connectivity index (χ1) is 11.6. The summed E-state index contributed by atoms with van der Waals surface area (Å²) in [5.41, 5.74) is 1.11. The van der Waals surface area contributed by atoms with Gasteiger partial charge < -0.3 is 19.4 Å². The molecular formula is C18H23ClN2O3. The van der Waals surface area contributed by atoms with Crippen molar-refractivity contribution in [3.05, 3.63) is 41.1 Å². The van der Waals surface area contributed by atoms with E-state index < -0.39 is 0 Å². The molecule has 0 spiro atoms. The van der Waals surface area contributed by atoms with Crippen molar-refractivity contribution in [3.8, 4) is 17.1 Å². The van der Waals surface area contributed by atoms with Crippen LogP contribution in [0.2, 0.25) is 5.02 Å². The van der Waals surface area contributed by atoms with Crippen molar-refractivity contribution < 1.29 is 13.9 Å². The molecule has 0 aliphatic rings. The summed E-state index contributed by atoms with van der Waals surface area (Å²) in [6.45, 7) is 7.49. The van der Waals surface area contributed by atoms with Crippen molar-refractivity contribution >= 4 is 17.5 Å². The summed E-state index contributed by atoms with van der Waals surface area (Å²) >= 11 is 6.32. The molecule has 0 unspecified atom stereocenters. The normalized spacial score (nSPS) is 10.9. The van der Waals surface area contributed by atoms with E-state index in [1.807, 2.05) is 6.07 Å². The maximum atomic E-state index is 12.4. The average molecular weight is 351 g/mol. The van der Waals surface area contributed by atoms with Crippen LogP contribution in [0.1, 0.15) is 24.2 Å². The number of methoxy groups -OCH3 is 1. The Morgan fingerprint density at radius 3 is 2.67 bits per heavy atom. The number of halogens is 1. The summed E-state index contributed by atoms with van der Waals surface area (Å²) in [6, 6.07) is 6.93. The van der Waals surface area contributed by atoms with Crippen molar-refractivity contribution in [2.75, 3.05) is 33.3 Å². The zero-order valence-electron chi connectivity index (χ0n) is 14.3. The van der Waals surface area contributed by atoms with Gasteiger partial charge in [0.25, 0.3) is 5.91 Å². The number of rotatable bonds is 8. The van der Waals surface area contributed by atoms with Crippen molar-refractivity contribution in [3.63, 3.8) is 0 Å². The Balaban J connectivity index is 2.15. The number of amides is 1. The molecule has 0 aliphatic heterocycles. The van der Waals surface area contributed by atoms with Crippen molar-refractivity contribution in [2.24, 2.45) is 0 Å². The van der Waals surface area contributed by atoms with Crippen LogP contribution in [0.25, 0.3) is 11.3 Å². The Hall–Kier alpha value is -1.98. The van der Waals surface area contributed by atoms with Crippen molar-refractivity contribution in [1.82, 2.24) is 10.2 Å². The van der Waals surface area contributed by atoms with E-state index in [1.54, 1.807) is 24.5 Å². The molecule has 2 rings (SSSR count). The minimum Gasteiger partial charge on any atom is -0.496 e. The van der Waals surface area contributed by atoms with Gasteiger partial charge in [-0.1, -0.05) is 25.4 Å². The van der Waals surface area contributed by atoms with Crippen LogP contribution in [0.3, 0.4) is 0 Å². The number of hydrogen-bond donors (Lipinski definition) is 1. The third kappa shape index (κ3) is 4.30. The lowest BCUT2D eigenvalue weighted by Gasteiger charge is -2.18. The summed E-state index contributed by atoms with van der Waals surface area (Å²) in [7, 11) is 1.53. The van der Waals surface area contributed by atoms with E-state index >= 15 is 0 Å². The Kier molecular flexibility index (Phi) is 6.70. The molecule has 1 N–H and O–H groups in total. The van der Waals surface area contributed by atoms with Gasteiger partial charge in [0.15, 0.2) is 0 Å². The minimum absolute atomic E-state index is 0.202. The summed E-state index contributed by atoms with van der Waals surface area (Å²) in [4.78, 5) is 14.7. The van der Waals surface area contributed by atoms with Gasteiger partial charge in [0.05, 0.1) is 24.0 Å². The third-order valence-corrected chi connectivity index (χ3v) is 4.24. The highest BCUT2D eigenvalue weighted by molar-refractivity contribution is 6.33. The molecule has 0 saturated carbocycles. The second-order valence-electron chi connectivity index (χ2n) is 5.29. The van der Waals surface area contributed by atoms with Crippen molar-refractivity contribution in [1.29, 1.82) is 0 Å². The highest BCUT2D eigenvalue weighted by atomic mass is 35.5. The fourth-order valence-corrected chi connectivity index (χ4v) is 2.74. The van der Waals surface area contributed by atoms with E-state index in [2.05, 4.69) is 24.1 Å². The molecule has 24 heavy (non-hydrogen) atoms. The topological polar surface area (TPSA) is 54.7 Å². The lowest BCUT2D eigenvalue weighted by atomic mass is 10.1. The first kappa shape index (κ1) is 18.4. The molecule has 1 aromatic carbocycles. The molecule has 1 amide bonds. The number of ether oxygens (including phenoxy) is 1. The van der Waals surface area contributed by atoms with Crippen LogP contribution in [0, 0.1) is 0 Å². The number of hydrogen-bond acceptors (Lipinski definition) is 4. The average Bonchev–Trinajstić information content (AvgIpc) is 3.12. The van der Waals surface area contributed by atoms with Gasteiger partial charge >= 0.3 is 0 Å². The molecule has 0 atom stereocenters. The van der Waals surface area contributed by atoms with Crippen LogP contribution >= 0.6 is 11.6 Å². The van der Waals surface area contributed by atoms with Gasteiger partial charge in [-0.05, 0) is 37.4 Å². The number of carbonyl (C=O) groups is 1. The van der Waals surface area contributed by atoms with E-state index in [0.29, 0.717) is 34.2 Å². The van der Waals surface area contributed by atoms with Crippen LogP contribution in [0.15, 0.2) is 34.9 Å². The minimum atomic E-state index is -0.202. The predicted octanol–water partition coefficient (Wildman–Crippen LogP) is 3.68. The second-order valence-corrected chi connectivity index (χ2v) is 5.70. The van der Waals surface area contributed by atoms with E-state index in [9.17, 15) is 4.79 Å². The standard InChI is InChI=1S/C18H23ClN2O3/c1-4-21(5-2)9-8-20-18(22)14-11-15(19)13(12-17(14)23-3)16-7-6-10-24-16/h6-7,10-12H,4-5,8-9H2,1-3H3,(H,20,22). The second kappa shape index (κ2) is 8.76. The van der Waals surface area contributed by atoms with Crippen LogP contribution < -0.4 is 10.1 Å². The molecule has 0 radical (unpaired) electrons. The van der Waals surface area contributed by atoms with Crippen LogP contribution in [-0.2, 0) is 0 Å². The third-order valence-electron chi connectivity index (χ3n) is 3.93. The quantitative estimate of drug-likeness (QED) is 0.789. The molecule has 0 saturated heterocycles. The Bertz CT molecular complexity index is 667. The lowest BCUT2D eigenvalue weighted by Crippen LogP contribution is -2.34. The smallest absolute Gasteiger partial charge is 0.255 e. The van der Waals surface area contributed by atoms with Gasteiger partial charge in [-0.25, -0.2) is 0 Å².